The molecular formula is C30H37Cl2N3O2. The lowest BCUT2D eigenvalue weighted by molar-refractivity contribution is -0.133. The maximum absolute atomic E-state index is 13.1. The van der Waals surface area contributed by atoms with Crippen molar-refractivity contribution in [2.45, 2.75) is 76.3 Å². The molecule has 2 N–H and O–H groups in total. The van der Waals surface area contributed by atoms with Crippen molar-refractivity contribution in [3.8, 4) is 11.1 Å². The number of piperidine rings is 1. The summed E-state index contributed by atoms with van der Waals surface area (Å²) < 4.78 is 0. The molecule has 0 aromatic heterocycles. The smallest absolute Gasteiger partial charge is 0.251 e. The van der Waals surface area contributed by atoms with E-state index < -0.39 is 0 Å². The summed E-state index contributed by atoms with van der Waals surface area (Å²) in [7, 11) is 0. The number of likely N-dealkylation sites (tertiary alicyclic amines) is 1. The molecule has 2 aromatic carbocycles. The summed E-state index contributed by atoms with van der Waals surface area (Å²) in [4.78, 5) is 27.9. The average molecular weight is 543 g/mol. The van der Waals surface area contributed by atoms with Crippen molar-refractivity contribution in [1.82, 2.24) is 15.5 Å². The Morgan fingerprint density at radius 1 is 0.919 bits per heavy atom. The summed E-state index contributed by atoms with van der Waals surface area (Å²) in [6.07, 6.45) is 11.0. The van der Waals surface area contributed by atoms with Gasteiger partial charge in [0.2, 0.25) is 5.91 Å². The van der Waals surface area contributed by atoms with Gasteiger partial charge in [-0.15, -0.1) is 0 Å². The number of carbonyl (C=O) groups excluding carboxylic acids is 2. The van der Waals surface area contributed by atoms with E-state index >= 15 is 0 Å². The van der Waals surface area contributed by atoms with Crippen LogP contribution in [0.2, 0.25) is 10.0 Å². The molecule has 7 heteroatoms. The maximum Gasteiger partial charge on any atom is 0.251 e. The summed E-state index contributed by atoms with van der Waals surface area (Å²) in [5, 5.41) is 7.68. The highest BCUT2D eigenvalue weighted by Gasteiger charge is 2.36. The predicted octanol–water partition coefficient (Wildman–Crippen LogP) is 6.26. The van der Waals surface area contributed by atoms with Gasteiger partial charge in [-0.2, -0.15) is 0 Å². The molecule has 37 heavy (non-hydrogen) atoms. The lowest BCUT2D eigenvalue weighted by Gasteiger charge is -2.31. The van der Waals surface area contributed by atoms with Crippen LogP contribution in [0.4, 0.5) is 0 Å². The molecule has 2 aromatic rings. The van der Waals surface area contributed by atoms with Crippen molar-refractivity contribution in [3.05, 3.63) is 57.6 Å². The Kier molecular flexibility index (Phi) is 8.74. The minimum Gasteiger partial charge on any atom is -0.350 e. The summed E-state index contributed by atoms with van der Waals surface area (Å²) in [6, 6.07) is 12.1. The first kappa shape index (κ1) is 26.5. The number of hydrogen-bond acceptors (Lipinski definition) is 3. The normalized spacial score (nSPS) is 22.9. The van der Waals surface area contributed by atoms with Crippen molar-refractivity contribution in [3.63, 3.8) is 0 Å². The van der Waals surface area contributed by atoms with E-state index in [1.165, 1.54) is 32.1 Å². The van der Waals surface area contributed by atoms with Crippen LogP contribution in [0.15, 0.2) is 36.4 Å². The minimum atomic E-state index is -0.0613. The molecule has 2 aliphatic heterocycles. The van der Waals surface area contributed by atoms with Crippen LogP contribution in [0.3, 0.4) is 0 Å². The Hall–Kier alpha value is -2.08. The molecule has 0 spiro atoms. The van der Waals surface area contributed by atoms with Crippen molar-refractivity contribution in [1.29, 1.82) is 0 Å². The number of halogens is 2. The van der Waals surface area contributed by atoms with E-state index in [1.54, 1.807) is 0 Å². The third-order valence-corrected chi connectivity index (χ3v) is 9.03. The van der Waals surface area contributed by atoms with Crippen LogP contribution in [-0.4, -0.2) is 48.4 Å². The van der Waals surface area contributed by atoms with Crippen LogP contribution in [-0.2, 0) is 11.2 Å². The number of rotatable bonds is 7. The second-order valence-electron chi connectivity index (χ2n) is 10.9. The van der Waals surface area contributed by atoms with Crippen molar-refractivity contribution in [2.24, 2.45) is 5.92 Å². The van der Waals surface area contributed by atoms with E-state index in [1.807, 2.05) is 36.4 Å². The topological polar surface area (TPSA) is 61.4 Å². The van der Waals surface area contributed by atoms with Crippen molar-refractivity contribution < 1.29 is 9.59 Å². The molecular weight excluding hydrogens is 505 g/mol. The summed E-state index contributed by atoms with van der Waals surface area (Å²) in [6.45, 7) is 2.52. The summed E-state index contributed by atoms with van der Waals surface area (Å²) >= 11 is 13.4. The molecule has 2 heterocycles. The van der Waals surface area contributed by atoms with Crippen LogP contribution < -0.4 is 10.6 Å². The lowest BCUT2D eigenvalue weighted by Crippen LogP contribution is -2.43. The highest BCUT2D eigenvalue weighted by atomic mass is 35.5. The molecule has 5 nitrogen and oxygen atoms in total. The average Bonchev–Trinajstić information content (AvgIpc) is 3.30. The quantitative estimate of drug-likeness (QED) is 0.435. The highest BCUT2D eigenvalue weighted by molar-refractivity contribution is 6.36. The standard InChI is InChI=1S/C30H37Cl2N3O2/c31-27-17-23(20-9-11-21(12-10-20)29(36)34-19-24-6-4-5-14-33-24)18-28(32)26(27)16-22-13-15-35(30(22)37)25-7-2-1-3-8-25/h9-12,17-18,22,24-25,33H,1-8,13-16,19H2,(H,34,36)/t22?,24-/m0/s1. The maximum atomic E-state index is 13.1. The van der Waals surface area contributed by atoms with E-state index in [4.69, 9.17) is 23.2 Å². The number of carbonyl (C=O) groups is 2. The van der Waals surface area contributed by atoms with Gasteiger partial charge in [-0.05, 0) is 86.0 Å². The number of hydrogen-bond donors (Lipinski definition) is 2. The Labute approximate surface area is 230 Å². The summed E-state index contributed by atoms with van der Waals surface area (Å²) in [5.41, 5.74) is 3.33. The monoisotopic (exact) mass is 541 g/mol. The first-order valence-electron chi connectivity index (χ1n) is 13.9. The largest absolute Gasteiger partial charge is 0.350 e. The minimum absolute atomic E-state index is 0.0515. The molecule has 0 radical (unpaired) electrons. The first-order chi connectivity index (χ1) is 18.0. The highest BCUT2D eigenvalue weighted by Crippen LogP contribution is 2.36. The van der Waals surface area contributed by atoms with E-state index in [0.717, 1.165) is 55.5 Å². The van der Waals surface area contributed by atoms with E-state index in [2.05, 4.69) is 15.5 Å². The molecule has 0 bridgehead atoms. The molecule has 3 fully saturated rings. The number of benzene rings is 2. The SMILES string of the molecule is O=C(NC[C@@H]1CCCCN1)c1ccc(-c2cc(Cl)c(CC3CCN(C4CCCCC4)C3=O)c(Cl)c2)cc1. The van der Waals surface area contributed by atoms with Gasteiger partial charge < -0.3 is 15.5 Å². The van der Waals surface area contributed by atoms with Crippen molar-refractivity contribution in [2.75, 3.05) is 19.6 Å². The molecule has 2 amide bonds. The van der Waals surface area contributed by atoms with Crippen LogP contribution in [0.25, 0.3) is 11.1 Å². The van der Waals surface area contributed by atoms with Crippen LogP contribution in [0, 0.1) is 5.92 Å². The van der Waals surface area contributed by atoms with Gasteiger partial charge >= 0.3 is 0 Å². The van der Waals surface area contributed by atoms with E-state index in [0.29, 0.717) is 40.7 Å². The van der Waals surface area contributed by atoms with Gasteiger partial charge in [0.05, 0.1) is 0 Å². The molecule has 5 rings (SSSR count). The van der Waals surface area contributed by atoms with Gasteiger partial charge in [-0.25, -0.2) is 0 Å². The number of amides is 2. The molecule has 2 saturated heterocycles. The second kappa shape index (κ2) is 12.2. The van der Waals surface area contributed by atoms with E-state index in [-0.39, 0.29) is 17.7 Å². The summed E-state index contributed by atoms with van der Waals surface area (Å²) in [5.74, 6) is 0.148. The van der Waals surface area contributed by atoms with Gasteiger partial charge in [0.25, 0.3) is 5.91 Å². The van der Waals surface area contributed by atoms with Gasteiger partial charge in [0.1, 0.15) is 0 Å². The molecule has 2 atom stereocenters. The molecule has 1 aliphatic carbocycles. The molecule has 3 aliphatic rings. The van der Waals surface area contributed by atoms with Crippen molar-refractivity contribution >= 4 is 35.0 Å². The molecule has 198 valence electrons. The fourth-order valence-electron chi connectivity index (χ4n) is 6.15. The third-order valence-electron chi connectivity index (χ3n) is 8.36. The lowest BCUT2D eigenvalue weighted by atomic mass is 9.93. The Bertz CT molecular complexity index is 1090. The zero-order chi connectivity index (χ0) is 25.8. The Morgan fingerprint density at radius 2 is 1.62 bits per heavy atom. The zero-order valence-electron chi connectivity index (χ0n) is 21.4. The Morgan fingerprint density at radius 3 is 2.30 bits per heavy atom. The van der Waals surface area contributed by atoms with Gasteiger partial charge in [-0.1, -0.05) is 61.0 Å². The van der Waals surface area contributed by atoms with Gasteiger partial charge in [-0.3, -0.25) is 9.59 Å². The van der Waals surface area contributed by atoms with E-state index in [9.17, 15) is 9.59 Å². The number of nitrogens with one attached hydrogen (secondary N) is 2. The zero-order valence-corrected chi connectivity index (χ0v) is 22.9. The first-order valence-corrected chi connectivity index (χ1v) is 14.7. The predicted molar refractivity (Wildman–Crippen MR) is 150 cm³/mol. The van der Waals surface area contributed by atoms with Crippen LogP contribution in [0.5, 0.6) is 0 Å². The second-order valence-corrected chi connectivity index (χ2v) is 11.7. The number of nitrogens with zero attached hydrogens (tertiary/aromatic N) is 1. The third kappa shape index (κ3) is 6.32. The van der Waals surface area contributed by atoms with Gasteiger partial charge in [0, 0.05) is 46.7 Å². The van der Waals surface area contributed by atoms with Gasteiger partial charge in [0.15, 0.2) is 0 Å². The van der Waals surface area contributed by atoms with Crippen LogP contribution in [0.1, 0.15) is 73.7 Å². The molecule has 1 unspecified atom stereocenters. The Balaban J connectivity index is 1.21. The fraction of sp³-hybridized carbons (Fsp3) is 0.533. The molecule has 1 saturated carbocycles. The van der Waals surface area contributed by atoms with Crippen LogP contribution >= 0.6 is 23.2 Å². The fourth-order valence-corrected chi connectivity index (χ4v) is 6.79.